The molecule has 3 rings (SSSR count). The van der Waals surface area contributed by atoms with Crippen LogP contribution in [0.15, 0.2) is 16.8 Å². The largest absolute Gasteiger partial charge is 0.433 e. The van der Waals surface area contributed by atoms with E-state index in [2.05, 4.69) is 25.2 Å². The molecule has 0 unspecified atom stereocenters. The van der Waals surface area contributed by atoms with Gasteiger partial charge in [-0.05, 0) is 12.8 Å². The zero-order valence-electron chi connectivity index (χ0n) is 11.6. The lowest BCUT2D eigenvalue weighted by Gasteiger charge is -2.07. The van der Waals surface area contributed by atoms with E-state index >= 15 is 0 Å². The molecule has 7 nitrogen and oxygen atoms in total. The van der Waals surface area contributed by atoms with E-state index in [0.717, 1.165) is 25.1 Å². The normalized spacial score (nSPS) is 14.1. The number of rotatable bonds is 6. The molecule has 1 amide bonds. The summed E-state index contributed by atoms with van der Waals surface area (Å²) in [6.45, 7) is -2.98. The van der Waals surface area contributed by atoms with E-state index in [-0.39, 0.29) is 28.9 Å². The number of carbonyl (C=O) groups is 1. The summed E-state index contributed by atoms with van der Waals surface area (Å²) in [5, 5.41) is 6.23. The Bertz CT molecular complexity index is 721. The molecule has 23 heavy (non-hydrogen) atoms. The van der Waals surface area contributed by atoms with Gasteiger partial charge >= 0.3 is 6.61 Å². The molecule has 122 valence electrons. The van der Waals surface area contributed by atoms with Crippen LogP contribution in [-0.2, 0) is 6.54 Å². The standard InChI is InChI=1S/C13H11ClF2N4O3/c14-8-3-7(22-13(15)16)4-17-10(8)12(21)18-5-9-19-11(20-23-9)6-1-2-6/h3-4,6,13H,1-2,5H2,(H,18,21). The van der Waals surface area contributed by atoms with Crippen molar-refractivity contribution >= 4 is 17.5 Å². The van der Waals surface area contributed by atoms with Crippen LogP contribution < -0.4 is 10.1 Å². The first-order valence-corrected chi connectivity index (χ1v) is 7.11. The number of alkyl halides is 2. The van der Waals surface area contributed by atoms with Crippen LogP contribution in [0.1, 0.15) is 41.0 Å². The lowest BCUT2D eigenvalue weighted by atomic mass is 10.3. The highest BCUT2D eigenvalue weighted by atomic mass is 35.5. The van der Waals surface area contributed by atoms with Gasteiger partial charge in [0.2, 0.25) is 5.89 Å². The molecule has 1 fully saturated rings. The van der Waals surface area contributed by atoms with Crippen LogP contribution in [0.25, 0.3) is 0 Å². The van der Waals surface area contributed by atoms with E-state index in [0.29, 0.717) is 11.7 Å². The van der Waals surface area contributed by atoms with Gasteiger partial charge in [-0.2, -0.15) is 13.8 Å². The molecule has 1 N–H and O–H groups in total. The Hall–Kier alpha value is -2.29. The van der Waals surface area contributed by atoms with Crippen LogP contribution in [0.2, 0.25) is 5.02 Å². The van der Waals surface area contributed by atoms with Crippen molar-refractivity contribution in [1.29, 1.82) is 0 Å². The van der Waals surface area contributed by atoms with Gasteiger partial charge in [0.25, 0.3) is 5.91 Å². The maximum atomic E-state index is 12.1. The highest BCUT2D eigenvalue weighted by Crippen LogP contribution is 2.38. The number of aromatic nitrogens is 3. The van der Waals surface area contributed by atoms with E-state index < -0.39 is 12.5 Å². The van der Waals surface area contributed by atoms with Gasteiger partial charge in [0.05, 0.1) is 17.8 Å². The average molecular weight is 345 g/mol. The summed E-state index contributed by atoms with van der Waals surface area (Å²) in [6, 6.07) is 1.09. The number of nitrogens with zero attached hydrogens (tertiary/aromatic N) is 3. The van der Waals surface area contributed by atoms with E-state index in [1.807, 2.05) is 0 Å². The second-order valence-electron chi connectivity index (χ2n) is 4.88. The van der Waals surface area contributed by atoms with Crippen molar-refractivity contribution in [2.45, 2.75) is 31.9 Å². The number of hydrogen-bond donors (Lipinski definition) is 1. The van der Waals surface area contributed by atoms with Gasteiger partial charge in [-0.15, -0.1) is 0 Å². The third-order valence-electron chi connectivity index (χ3n) is 3.08. The van der Waals surface area contributed by atoms with Gasteiger partial charge in [0.15, 0.2) is 5.82 Å². The molecule has 0 aromatic carbocycles. The molecule has 1 aliphatic carbocycles. The van der Waals surface area contributed by atoms with Gasteiger partial charge < -0.3 is 14.6 Å². The molecule has 0 radical (unpaired) electrons. The van der Waals surface area contributed by atoms with Crippen LogP contribution in [0, 0.1) is 0 Å². The first kappa shape index (κ1) is 15.6. The number of halogens is 3. The SMILES string of the molecule is O=C(NCc1nc(C2CC2)no1)c1ncc(OC(F)F)cc1Cl. The minimum atomic E-state index is -2.99. The van der Waals surface area contributed by atoms with E-state index in [1.165, 1.54) is 0 Å². The molecule has 2 heterocycles. The van der Waals surface area contributed by atoms with Crippen molar-refractivity contribution < 1.29 is 22.8 Å². The second-order valence-corrected chi connectivity index (χ2v) is 5.29. The smallest absolute Gasteiger partial charge is 0.387 e. The molecule has 0 aliphatic heterocycles. The quantitative estimate of drug-likeness (QED) is 0.866. The molecule has 0 bridgehead atoms. The predicted molar refractivity (Wildman–Crippen MR) is 73.3 cm³/mol. The first-order chi connectivity index (χ1) is 11.0. The Morgan fingerprint density at radius 2 is 2.30 bits per heavy atom. The fourth-order valence-electron chi connectivity index (χ4n) is 1.84. The van der Waals surface area contributed by atoms with Gasteiger partial charge in [-0.3, -0.25) is 4.79 Å². The molecular weight excluding hydrogens is 334 g/mol. The summed E-state index contributed by atoms with van der Waals surface area (Å²) < 4.78 is 33.3. The molecule has 0 spiro atoms. The Kier molecular flexibility index (Phi) is 4.37. The summed E-state index contributed by atoms with van der Waals surface area (Å²) >= 11 is 5.84. The van der Waals surface area contributed by atoms with E-state index in [4.69, 9.17) is 16.1 Å². The van der Waals surface area contributed by atoms with Gasteiger partial charge in [0, 0.05) is 12.0 Å². The van der Waals surface area contributed by atoms with Gasteiger partial charge in [-0.1, -0.05) is 16.8 Å². The highest BCUT2D eigenvalue weighted by Gasteiger charge is 2.28. The molecule has 1 saturated carbocycles. The molecular formula is C13H11ClF2N4O3. The maximum absolute atomic E-state index is 12.1. The molecule has 1 aliphatic rings. The van der Waals surface area contributed by atoms with E-state index in [9.17, 15) is 13.6 Å². The summed E-state index contributed by atoms with van der Waals surface area (Å²) in [5.41, 5.74) is -0.116. The third kappa shape index (κ3) is 3.92. The second kappa shape index (κ2) is 6.45. The number of pyridine rings is 1. The van der Waals surface area contributed by atoms with Crippen LogP contribution in [0.5, 0.6) is 5.75 Å². The Morgan fingerprint density at radius 3 is 2.96 bits per heavy atom. The van der Waals surface area contributed by atoms with Gasteiger partial charge in [0.1, 0.15) is 11.4 Å². The van der Waals surface area contributed by atoms with Crippen molar-refractivity contribution in [3.63, 3.8) is 0 Å². The first-order valence-electron chi connectivity index (χ1n) is 6.74. The third-order valence-corrected chi connectivity index (χ3v) is 3.37. The molecule has 0 atom stereocenters. The summed E-state index contributed by atoms with van der Waals surface area (Å²) in [4.78, 5) is 19.9. The predicted octanol–water partition coefficient (Wildman–Crippen LogP) is 2.53. The minimum absolute atomic E-state index is 0.0197. The zero-order valence-corrected chi connectivity index (χ0v) is 12.4. The summed E-state index contributed by atoms with van der Waals surface area (Å²) in [7, 11) is 0. The fraction of sp³-hybridized carbons (Fsp3) is 0.385. The van der Waals surface area contributed by atoms with Crippen LogP contribution >= 0.6 is 11.6 Å². The van der Waals surface area contributed by atoms with Gasteiger partial charge in [-0.25, -0.2) is 4.98 Å². The number of ether oxygens (including phenoxy) is 1. The van der Waals surface area contributed by atoms with Crippen molar-refractivity contribution in [2.75, 3.05) is 0 Å². The van der Waals surface area contributed by atoms with Crippen LogP contribution in [0.4, 0.5) is 8.78 Å². The summed E-state index contributed by atoms with van der Waals surface area (Å²) in [6.07, 6.45) is 3.07. The lowest BCUT2D eigenvalue weighted by molar-refractivity contribution is -0.0500. The maximum Gasteiger partial charge on any atom is 0.387 e. The lowest BCUT2D eigenvalue weighted by Crippen LogP contribution is -2.24. The summed E-state index contributed by atoms with van der Waals surface area (Å²) in [5.74, 6) is 0.437. The van der Waals surface area contributed by atoms with Crippen LogP contribution in [0.3, 0.4) is 0 Å². The molecule has 0 saturated heterocycles. The topological polar surface area (TPSA) is 90.1 Å². The number of hydrogen-bond acceptors (Lipinski definition) is 6. The van der Waals surface area contributed by atoms with Crippen LogP contribution in [-0.4, -0.2) is 27.6 Å². The van der Waals surface area contributed by atoms with Crippen molar-refractivity contribution in [3.8, 4) is 5.75 Å². The fourth-order valence-corrected chi connectivity index (χ4v) is 2.08. The molecule has 2 aromatic heterocycles. The Labute approximate surface area is 134 Å². The van der Waals surface area contributed by atoms with E-state index in [1.54, 1.807) is 0 Å². The monoisotopic (exact) mass is 344 g/mol. The van der Waals surface area contributed by atoms with Crippen molar-refractivity contribution in [3.05, 3.63) is 34.7 Å². The highest BCUT2D eigenvalue weighted by molar-refractivity contribution is 6.33. The zero-order chi connectivity index (χ0) is 16.4. The number of carbonyl (C=O) groups excluding carboxylic acids is 1. The van der Waals surface area contributed by atoms with Crippen molar-refractivity contribution in [2.24, 2.45) is 0 Å². The molecule has 10 heteroatoms. The Balaban J connectivity index is 1.60. The minimum Gasteiger partial charge on any atom is -0.433 e. The molecule has 2 aromatic rings. The average Bonchev–Trinajstić information content (AvgIpc) is 3.23. The van der Waals surface area contributed by atoms with Crippen molar-refractivity contribution in [1.82, 2.24) is 20.4 Å². The number of nitrogens with one attached hydrogen (secondary N) is 1. The Morgan fingerprint density at radius 1 is 1.52 bits per heavy atom. The number of amides is 1.